The van der Waals surface area contributed by atoms with Crippen molar-refractivity contribution in [2.45, 2.75) is 29.8 Å². The van der Waals surface area contributed by atoms with Crippen molar-refractivity contribution < 1.29 is 31.1 Å². The predicted octanol–water partition coefficient (Wildman–Crippen LogP) is 6.29. The van der Waals surface area contributed by atoms with Crippen LogP contribution in [-0.4, -0.2) is 46.7 Å². The van der Waals surface area contributed by atoms with Crippen molar-refractivity contribution in [3.05, 3.63) is 58.6 Å². The molecule has 2 heterocycles. The lowest BCUT2D eigenvalue weighted by Gasteiger charge is -2.19. The van der Waals surface area contributed by atoms with Gasteiger partial charge in [-0.25, -0.2) is 8.42 Å². The lowest BCUT2D eigenvalue weighted by atomic mass is 10.1. The summed E-state index contributed by atoms with van der Waals surface area (Å²) in [5, 5.41) is 0.242. The summed E-state index contributed by atoms with van der Waals surface area (Å²) < 4.78 is 80.1. The second-order valence-corrected chi connectivity index (χ2v) is 11.9. The van der Waals surface area contributed by atoms with Gasteiger partial charge in [-0.15, -0.1) is 11.3 Å². The molecule has 1 N–H and O–H groups in total. The number of nitrogens with one attached hydrogen (secondary N) is 1. The highest BCUT2D eigenvalue weighted by atomic mass is 35.5. The van der Waals surface area contributed by atoms with Crippen LogP contribution in [0.5, 0.6) is 11.5 Å². The summed E-state index contributed by atoms with van der Waals surface area (Å²) in [6.07, 6.45) is -4.50. The number of thiophene rings is 1. The number of benzene rings is 2. The first-order valence-electron chi connectivity index (χ1n) is 10.9. The second-order valence-electron chi connectivity index (χ2n) is 8.53. The Morgan fingerprint density at radius 2 is 1.89 bits per heavy atom. The highest BCUT2D eigenvalue weighted by molar-refractivity contribution is 7.94. The van der Waals surface area contributed by atoms with Crippen molar-refractivity contribution in [3.8, 4) is 21.9 Å². The molecular formula is C24H24ClF3N2O4S2. The van der Waals surface area contributed by atoms with Gasteiger partial charge in [-0.3, -0.25) is 4.72 Å². The van der Waals surface area contributed by atoms with Crippen molar-refractivity contribution in [1.82, 2.24) is 4.90 Å². The van der Waals surface area contributed by atoms with Crippen LogP contribution in [-0.2, 0) is 16.2 Å². The van der Waals surface area contributed by atoms with Gasteiger partial charge in [-0.05, 0) is 67.9 Å². The van der Waals surface area contributed by atoms with Gasteiger partial charge in [-0.1, -0.05) is 11.6 Å². The molecule has 12 heteroatoms. The Hall–Kier alpha value is -2.47. The molecule has 3 aromatic rings. The smallest absolute Gasteiger partial charge is 0.419 e. The number of likely N-dealkylation sites (N-methyl/N-ethyl adjacent to an activating group) is 1. The molecule has 0 amide bonds. The summed E-state index contributed by atoms with van der Waals surface area (Å²) in [7, 11) is -0.723. The topological polar surface area (TPSA) is 67.9 Å². The molecule has 0 aliphatic carbocycles. The molecule has 36 heavy (non-hydrogen) atoms. The van der Waals surface area contributed by atoms with Gasteiger partial charge in [0.25, 0.3) is 10.0 Å². The number of nitrogens with zero attached hydrogens (tertiary/aromatic N) is 1. The Balaban J connectivity index is 1.62. The van der Waals surface area contributed by atoms with Crippen LogP contribution in [0.15, 0.2) is 46.7 Å². The maximum atomic E-state index is 13.6. The normalized spacial score (nSPS) is 16.8. The molecule has 1 aliphatic heterocycles. The molecule has 194 valence electrons. The monoisotopic (exact) mass is 560 g/mol. The Bertz CT molecular complexity index is 1380. The number of hydrogen-bond donors (Lipinski definition) is 1. The van der Waals surface area contributed by atoms with Crippen LogP contribution in [0.25, 0.3) is 10.4 Å². The summed E-state index contributed by atoms with van der Waals surface area (Å²) in [4.78, 5) is 2.50. The molecule has 0 saturated carbocycles. The third kappa shape index (κ3) is 5.74. The molecule has 1 aliphatic rings. The number of halogens is 4. The minimum Gasteiger partial charge on any atom is -0.496 e. The summed E-state index contributed by atoms with van der Waals surface area (Å²) in [5.41, 5.74) is 0.566. The average molecular weight is 561 g/mol. The first-order valence-corrected chi connectivity index (χ1v) is 13.6. The third-order valence-electron chi connectivity index (χ3n) is 5.77. The first-order chi connectivity index (χ1) is 16.9. The van der Waals surface area contributed by atoms with E-state index in [1.807, 2.05) is 24.9 Å². The zero-order chi connectivity index (χ0) is 26.3. The van der Waals surface area contributed by atoms with Gasteiger partial charge in [-0.2, -0.15) is 13.2 Å². The summed E-state index contributed by atoms with van der Waals surface area (Å²) in [5.74, 6) is 0.270. The highest BCUT2D eigenvalue weighted by Crippen LogP contribution is 2.42. The number of alkyl halides is 3. The number of aryl methyl sites for hydroxylation is 1. The molecule has 4 rings (SSSR count). The fourth-order valence-electron chi connectivity index (χ4n) is 3.99. The van der Waals surface area contributed by atoms with Crippen LogP contribution in [0, 0.1) is 6.92 Å². The number of ether oxygens (including phenoxy) is 2. The molecule has 0 bridgehead atoms. The molecule has 1 saturated heterocycles. The van der Waals surface area contributed by atoms with Gasteiger partial charge in [0.1, 0.15) is 21.8 Å². The van der Waals surface area contributed by atoms with Crippen molar-refractivity contribution in [2.75, 3.05) is 32.0 Å². The number of hydrogen-bond acceptors (Lipinski definition) is 6. The molecule has 1 unspecified atom stereocenters. The van der Waals surface area contributed by atoms with Crippen LogP contribution < -0.4 is 14.2 Å². The standard InChI is InChI=1S/C24H24ClF3N2O4S2/c1-14-10-15(4-7-20(14)33-3)23-19(25)12-22(35-23)36(31,32)29-16-5-6-18(24(26,27)28)21(11-16)34-17-8-9-30(2)13-17/h4-7,10-12,17,29H,8-9,13H2,1-3H3. The van der Waals surface area contributed by atoms with Crippen molar-refractivity contribution in [3.63, 3.8) is 0 Å². The van der Waals surface area contributed by atoms with Crippen LogP contribution in [0.3, 0.4) is 0 Å². The lowest BCUT2D eigenvalue weighted by molar-refractivity contribution is -0.139. The molecule has 2 aromatic carbocycles. The molecule has 0 spiro atoms. The molecule has 0 radical (unpaired) electrons. The summed E-state index contributed by atoms with van der Waals surface area (Å²) >= 11 is 7.31. The number of methoxy groups -OCH3 is 1. The highest BCUT2D eigenvalue weighted by Gasteiger charge is 2.36. The van der Waals surface area contributed by atoms with Gasteiger partial charge in [0, 0.05) is 19.2 Å². The van der Waals surface area contributed by atoms with Gasteiger partial charge in [0.2, 0.25) is 0 Å². The Morgan fingerprint density at radius 3 is 2.50 bits per heavy atom. The van der Waals surface area contributed by atoms with Gasteiger partial charge in [0.15, 0.2) is 0 Å². The molecule has 1 atom stereocenters. The van der Waals surface area contributed by atoms with E-state index in [1.54, 1.807) is 19.2 Å². The van der Waals surface area contributed by atoms with E-state index in [4.69, 9.17) is 21.1 Å². The van der Waals surface area contributed by atoms with E-state index in [1.165, 1.54) is 6.07 Å². The van der Waals surface area contributed by atoms with Crippen LogP contribution >= 0.6 is 22.9 Å². The van der Waals surface area contributed by atoms with E-state index in [2.05, 4.69) is 4.72 Å². The fourth-order valence-corrected chi connectivity index (χ4v) is 6.86. The molecule has 1 fully saturated rings. The van der Waals surface area contributed by atoms with E-state index in [9.17, 15) is 21.6 Å². The quantitative estimate of drug-likeness (QED) is 0.368. The predicted molar refractivity (Wildman–Crippen MR) is 135 cm³/mol. The van der Waals surface area contributed by atoms with Crippen molar-refractivity contribution >= 4 is 38.6 Å². The number of anilines is 1. The van der Waals surface area contributed by atoms with E-state index >= 15 is 0 Å². The van der Waals surface area contributed by atoms with Crippen LogP contribution in [0.4, 0.5) is 18.9 Å². The maximum absolute atomic E-state index is 13.6. The van der Waals surface area contributed by atoms with E-state index in [-0.39, 0.29) is 14.9 Å². The van der Waals surface area contributed by atoms with E-state index in [0.29, 0.717) is 30.1 Å². The van der Waals surface area contributed by atoms with Crippen LogP contribution in [0.2, 0.25) is 5.02 Å². The minimum absolute atomic E-state index is 0.0456. The number of likely N-dealkylation sites (tertiary alicyclic amines) is 1. The number of rotatable bonds is 7. The Morgan fingerprint density at radius 1 is 1.14 bits per heavy atom. The van der Waals surface area contributed by atoms with Gasteiger partial charge in [0.05, 0.1) is 28.3 Å². The third-order valence-corrected chi connectivity index (χ3v) is 9.22. The summed E-state index contributed by atoms with van der Waals surface area (Å²) in [6, 6.07) is 9.64. The molecule has 6 nitrogen and oxygen atoms in total. The SMILES string of the molecule is COc1ccc(-c2sc(S(=O)(=O)Nc3ccc(C(F)(F)F)c(OC4CCN(C)C4)c3)cc2Cl)cc1C. The molecular weight excluding hydrogens is 537 g/mol. The van der Waals surface area contributed by atoms with E-state index < -0.39 is 33.6 Å². The molecule has 1 aromatic heterocycles. The Labute approximate surface area is 216 Å². The van der Waals surface area contributed by atoms with Crippen molar-refractivity contribution in [1.29, 1.82) is 0 Å². The number of sulfonamides is 1. The second kappa shape index (κ2) is 10.1. The maximum Gasteiger partial charge on any atom is 0.419 e. The summed E-state index contributed by atoms with van der Waals surface area (Å²) in [6.45, 7) is 3.04. The van der Waals surface area contributed by atoms with Gasteiger partial charge >= 0.3 is 6.18 Å². The largest absolute Gasteiger partial charge is 0.496 e. The lowest BCUT2D eigenvalue weighted by Crippen LogP contribution is -2.23. The zero-order valence-electron chi connectivity index (χ0n) is 19.6. The van der Waals surface area contributed by atoms with Crippen LogP contribution in [0.1, 0.15) is 17.5 Å². The zero-order valence-corrected chi connectivity index (χ0v) is 22.0. The minimum atomic E-state index is -4.65. The average Bonchev–Trinajstić information content (AvgIpc) is 3.38. The van der Waals surface area contributed by atoms with Crippen molar-refractivity contribution in [2.24, 2.45) is 0 Å². The van der Waals surface area contributed by atoms with E-state index in [0.717, 1.165) is 40.7 Å². The first kappa shape index (κ1) is 26.6. The van der Waals surface area contributed by atoms with Gasteiger partial charge < -0.3 is 14.4 Å². The Kier molecular flexibility index (Phi) is 7.47. The fraction of sp³-hybridized carbons (Fsp3) is 0.333.